The number of carbonyl (C=O) groups is 1. The number of hydrogen-bond donors (Lipinski definition) is 0. The first-order chi connectivity index (χ1) is 23.0. The molecule has 48 heavy (non-hydrogen) atoms. The molecule has 0 bridgehead atoms. The summed E-state index contributed by atoms with van der Waals surface area (Å²) in [6.45, 7) is 7.54. The molecule has 0 unspecified atom stereocenters. The van der Waals surface area contributed by atoms with Crippen LogP contribution in [0.1, 0.15) is 60.5 Å². The van der Waals surface area contributed by atoms with Crippen molar-refractivity contribution in [3.05, 3.63) is 123 Å². The minimum atomic E-state index is -4.39. The van der Waals surface area contributed by atoms with Gasteiger partial charge >= 0.3 is 6.18 Å². The van der Waals surface area contributed by atoms with Crippen LogP contribution in [0.15, 0.2) is 77.6 Å². The van der Waals surface area contributed by atoms with Crippen molar-refractivity contribution >= 4 is 5.91 Å². The summed E-state index contributed by atoms with van der Waals surface area (Å²) in [5, 5.41) is 0. The smallest absolute Gasteiger partial charge is 0.336 e. The summed E-state index contributed by atoms with van der Waals surface area (Å²) in [6, 6.07) is 19.0. The van der Waals surface area contributed by atoms with Crippen LogP contribution in [0.2, 0.25) is 0 Å². The highest BCUT2D eigenvalue weighted by atomic mass is 19.4. The third-order valence-corrected chi connectivity index (χ3v) is 9.19. The predicted molar refractivity (Wildman–Crippen MR) is 179 cm³/mol. The van der Waals surface area contributed by atoms with Crippen LogP contribution >= 0.6 is 0 Å². The topological polar surface area (TPSA) is 58.4 Å². The second kappa shape index (κ2) is 15.7. The monoisotopic (exact) mass is 662 g/mol. The summed E-state index contributed by atoms with van der Waals surface area (Å²) in [4.78, 5) is 35.6. The molecule has 0 fully saturated rings. The highest BCUT2D eigenvalue weighted by molar-refractivity contribution is 5.76. The lowest BCUT2D eigenvalue weighted by Gasteiger charge is -2.28. The Morgan fingerprint density at radius 1 is 0.833 bits per heavy atom. The highest BCUT2D eigenvalue weighted by Gasteiger charge is 2.30. The molecule has 4 aromatic rings. The van der Waals surface area contributed by atoms with E-state index in [4.69, 9.17) is 0 Å². The van der Waals surface area contributed by atoms with E-state index in [-0.39, 0.29) is 23.8 Å². The fourth-order valence-electron chi connectivity index (χ4n) is 6.34. The SMILES string of the molecule is CCN(CC)CCN(Cc1ccc(-c2ccc(C(F)(F)F)cc2)cc1)C(=O)Cn1c(CCCc2ccc(F)cc2)nc(=O)c2c1CCC2. The second-order valence-corrected chi connectivity index (χ2v) is 12.3. The minimum absolute atomic E-state index is 0.0728. The molecule has 1 aliphatic rings. The summed E-state index contributed by atoms with van der Waals surface area (Å²) < 4.78 is 54.4. The van der Waals surface area contributed by atoms with Gasteiger partial charge in [0.25, 0.3) is 5.56 Å². The summed E-state index contributed by atoms with van der Waals surface area (Å²) in [7, 11) is 0. The molecule has 0 atom stereocenters. The molecule has 6 nitrogen and oxygen atoms in total. The van der Waals surface area contributed by atoms with Crippen LogP contribution in [0.25, 0.3) is 11.1 Å². The van der Waals surface area contributed by atoms with E-state index in [0.717, 1.165) is 60.4 Å². The number of alkyl halides is 3. The van der Waals surface area contributed by atoms with Crippen molar-refractivity contribution in [1.82, 2.24) is 19.4 Å². The van der Waals surface area contributed by atoms with Crippen LogP contribution in [0.4, 0.5) is 17.6 Å². The molecule has 0 saturated heterocycles. The highest BCUT2D eigenvalue weighted by Crippen LogP contribution is 2.31. The number of rotatable bonds is 14. The summed E-state index contributed by atoms with van der Waals surface area (Å²) in [5.41, 5.74) is 4.04. The van der Waals surface area contributed by atoms with Crippen LogP contribution in [0, 0.1) is 5.82 Å². The third-order valence-electron chi connectivity index (χ3n) is 9.19. The van der Waals surface area contributed by atoms with Gasteiger partial charge in [0.15, 0.2) is 0 Å². The third kappa shape index (κ3) is 8.78. The first kappa shape index (κ1) is 35.0. The normalized spacial score (nSPS) is 12.8. The van der Waals surface area contributed by atoms with E-state index < -0.39 is 11.7 Å². The molecule has 1 amide bonds. The number of aromatic nitrogens is 2. The number of amides is 1. The number of aryl methyl sites for hydroxylation is 2. The van der Waals surface area contributed by atoms with E-state index >= 15 is 0 Å². The number of halogens is 4. The molecule has 3 aromatic carbocycles. The molecule has 5 rings (SSSR count). The van der Waals surface area contributed by atoms with Gasteiger partial charge in [0.2, 0.25) is 5.91 Å². The molecule has 1 aromatic heterocycles. The molecule has 0 N–H and O–H groups in total. The van der Waals surface area contributed by atoms with Crippen molar-refractivity contribution < 1.29 is 22.4 Å². The van der Waals surface area contributed by atoms with Gasteiger partial charge in [-0.3, -0.25) is 9.59 Å². The molecule has 0 saturated carbocycles. The van der Waals surface area contributed by atoms with E-state index in [2.05, 4.69) is 23.7 Å². The van der Waals surface area contributed by atoms with Crippen molar-refractivity contribution in [1.29, 1.82) is 0 Å². The van der Waals surface area contributed by atoms with E-state index in [9.17, 15) is 27.2 Å². The molecule has 1 heterocycles. The van der Waals surface area contributed by atoms with Crippen molar-refractivity contribution in [3.8, 4) is 11.1 Å². The quantitative estimate of drug-likeness (QED) is 0.135. The molecule has 254 valence electrons. The van der Waals surface area contributed by atoms with E-state index in [1.165, 1.54) is 24.3 Å². The molecule has 1 aliphatic carbocycles. The van der Waals surface area contributed by atoms with Gasteiger partial charge < -0.3 is 14.4 Å². The maximum Gasteiger partial charge on any atom is 0.416 e. The maximum absolute atomic E-state index is 14.1. The van der Waals surface area contributed by atoms with Crippen LogP contribution in [0.3, 0.4) is 0 Å². The Hall–Kier alpha value is -4.31. The first-order valence-corrected chi connectivity index (χ1v) is 16.7. The van der Waals surface area contributed by atoms with Gasteiger partial charge in [0, 0.05) is 37.3 Å². The second-order valence-electron chi connectivity index (χ2n) is 12.3. The van der Waals surface area contributed by atoms with Crippen molar-refractivity contribution in [3.63, 3.8) is 0 Å². The van der Waals surface area contributed by atoms with Gasteiger partial charge in [-0.05, 0) is 91.7 Å². The average molecular weight is 663 g/mol. The lowest BCUT2D eigenvalue weighted by atomic mass is 10.0. The summed E-state index contributed by atoms with van der Waals surface area (Å²) >= 11 is 0. The Morgan fingerprint density at radius 3 is 2.08 bits per heavy atom. The summed E-state index contributed by atoms with van der Waals surface area (Å²) in [5.74, 6) is 0.237. The Labute approximate surface area is 279 Å². The Kier molecular flexibility index (Phi) is 11.5. The zero-order valence-corrected chi connectivity index (χ0v) is 27.5. The number of fused-ring (bicyclic) bond motifs is 1. The van der Waals surface area contributed by atoms with E-state index in [0.29, 0.717) is 62.3 Å². The van der Waals surface area contributed by atoms with Gasteiger partial charge in [-0.25, -0.2) is 4.39 Å². The van der Waals surface area contributed by atoms with Gasteiger partial charge in [-0.1, -0.05) is 62.4 Å². The number of benzene rings is 3. The Morgan fingerprint density at radius 2 is 1.46 bits per heavy atom. The first-order valence-electron chi connectivity index (χ1n) is 16.7. The van der Waals surface area contributed by atoms with E-state index in [1.807, 2.05) is 33.7 Å². The van der Waals surface area contributed by atoms with E-state index in [1.54, 1.807) is 12.1 Å². The molecular formula is C38H42F4N4O2. The molecule has 0 radical (unpaired) electrons. The number of carbonyl (C=O) groups excluding carboxylic acids is 1. The molecule has 10 heteroatoms. The predicted octanol–water partition coefficient (Wildman–Crippen LogP) is 7.10. The van der Waals surface area contributed by atoms with Crippen LogP contribution in [-0.2, 0) is 49.7 Å². The number of hydrogen-bond acceptors (Lipinski definition) is 4. The zero-order chi connectivity index (χ0) is 34.3. The number of nitrogens with zero attached hydrogens (tertiary/aromatic N) is 4. The van der Waals surface area contributed by atoms with Crippen LogP contribution in [-0.4, -0.2) is 51.4 Å². The molecular weight excluding hydrogens is 620 g/mol. The van der Waals surface area contributed by atoms with Crippen molar-refractivity contribution in [2.24, 2.45) is 0 Å². The maximum atomic E-state index is 14.1. The minimum Gasteiger partial charge on any atom is -0.336 e. The lowest BCUT2D eigenvalue weighted by Crippen LogP contribution is -2.40. The van der Waals surface area contributed by atoms with Gasteiger partial charge in [0.05, 0.1) is 5.56 Å². The average Bonchev–Trinajstić information content (AvgIpc) is 3.58. The summed E-state index contributed by atoms with van der Waals surface area (Å²) in [6.07, 6.45) is -0.270. The van der Waals surface area contributed by atoms with Crippen molar-refractivity contribution in [2.45, 2.75) is 71.6 Å². The van der Waals surface area contributed by atoms with Gasteiger partial charge in [0.1, 0.15) is 18.2 Å². The van der Waals surface area contributed by atoms with Crippen LogP contribution in [0.5, 0.6) is 0 Å². The fraction of sp³-hybridized carbons (Fsp3) is 0.395. The molecule has 0 aliphatic heterocycles. The zero-order valence-electron chi connectivity index (χ0n) is 27.5. The fourth-order valence-corrected chi connectivity index (χ4v) is 6.34. The largest absolute Gasteiger partial charge is 0.416 e. The van der Waals surface area contributed by atoms with Gasteiger partial charge in [-0.2, -0.15) is 18.2 Å². The Balaban J connectivity index is 1.35. The van der Waals surface area contributed by atoms with Crippen LogP contribution < -0.4 is 5.56 Å². The van der Waals surface area contributed by atoms with Gasteiger partial charge in [-0.15, -0.1) is 0 Å². The van der Waals surface area contributed by atoms with Crippen molar-refractivity contribution in [2.75, 3.05) is 26.2 Å². The standard InChI is InChI=1S/C38H42F4N4O2/c1-3-44(4-2)23-24-45(25-28-11-15-29(16-12-28)30-17-19-31(20-18-30)38(40,41)42)36(47)26-46-34-9-6-8-33(34)37(48)43-35(46)10-5-7-27-13-21-32(39)22-14-27/h11-22H,3-10,23-26H2,1-2H3. The Bertz CT molecular complexity index is 1730. The number of likely N-dealkylation sites (N-methyl/N-ethyl adjacent to an activating group) is 1. The molecule has 0 spiro atoms. The lowest BCUT2D eigenvalue weighted by molar-refractivity contribution is -0.137.